The first kappa shape index (κ1) is 21.9. The summed E-state index contributed by atoms with van der Waals surface area (Å²) in [6.45, 7) is 11.4. The second-order valence-electron chi connectivity index (χ2n) is 8.96. The quantitative estimate of drug-likeness (QED) is 0.827. The third-order valence-corrected chi connectivity index (χ3v) is 5.42. The zero-order valence-corrected chi connectivity index (χ0v) is 18.6. The first-order chi connectivity index (χ1) is 14.2. The molecule has 1 aromatic heterocycles. The van der Waals surface area contributed by atoms with Gasteiger partial charge in [0.05, 0.1) is 23.1 Å². The van der Waals surface area contributed by atoms with Crippen molar-refractivity contribution in [3.63, 3.8) is 0 Å². The van der Waals surface area contributed by atoms with Crippen molar-refractivity contribution in [2.75, 3.05) is 19.6 Å². The number of nitrogens with zero attached hydrogens (tertiary/aromatic N) is 3. The molecule has 30 heavy (non-hydrogen) atoms. The van der Waals surface area contributed by atoms with Crippen molar-refractivity contribution in [1.82, 2.24) is 20.0 Å². The number of alkyl carbamates (subject to hydrolysis) is 1. The van der Waals surface area contributed by atoms with Gasteiger partial charge >= 0.3 is 6.09 Å². The number of hydrogen-bond donors (Lipinski definition) is 1. The summed E-state index contributed by atoms with van der Waals surface area (Å²) >= 11 is 0. The van der Waals surface area contributed by atoms with Crippen LogP contribution in [0.1, 0.15) is 55.2 Å². The van der Waals surface area contributed by atoms with E-state index in [0.717, 1.165) is 29.8 Å². The molecule has 1 N–H and O–H groups in total. The zero-order chi connectivity index (χ0) is 21.9. The van der Waals surface area contributed by atoms with Crippen molar-refractivity contribution in [2.24, 2.45) is 5.92 Å². The van der Waals surface area contributed by atoms with Crippen LogP contribution in [0.4, 0.5) is 4.79 Å². The van der Waals surface area contributed by atoms with Gasteiger partial charge in [-0.3, -0.25) is 4.79 Å². The highest BCUT2D eigenvalue weighted by Gasteiger charge is 2.27. The highest BCUT2D eigenvalue weighted by molar-refractivity contribution is 5.95. The molecule has 0 aliphatic carbocycles. The number of aromatic nitrogens is 2. The molecule has 162 valence electrons. The fraction of sp³-hybridized carbons (Fsp3) is 0.522. The van der Waals surface area contributed by atoms with Gasteiger partial charge in [0.1, 0.15) is 5.60 Å². The maximum Gasteiger partial charge on any atom is 0.407 e. The number of para-hydroxylation sites is 1. The number of hydrogen-bond acceptors (Lipinski definition) is 4. The Bertz CT molecular complexity index is 905. The molecule has 1 fully saturated rings. The molecule has 2 heterocycles. The SMILES string of the molecule is Cc1ccccc1-n1ncc(C(=O)N2CCC(CNC(=O)OC(C)(C)C)CC2)c1C. The molecule has 2 amide bonds. The summed E-state index contributed by atoms with van der Waals surface area (Å²) in [6.07, 6.45) is 2.99. The van der Waals surface area contributed by atoms with Gasteiger partial charge in [0.15, 0.2) is 0 Å². The summed E-state index contributed by atoms with van der Waals surface area (Å²) in [5.74, 6) is 0.364. The van der Waals surface area contributed by atoms with E-state index in [4.69, 9.17) is 4.74 Å². The highest BCUT2D eigenvalue weighted by atomic mass is 16.6. The number of amides is 2. The fourth-order valence-electron chi connectivity index (χ4n) is 3.72. The second-order valence-corrected chi connectivity index (χ2v) is 8.96. The van der Waals surface area contributed by atoms with Gasteiger partial charge in [0.2, 0.25) is 0 Å². The molecule has 0 radical (unpaired) electrons. The molecule has 7 heteroatoms. The average molecular weight is 413 g/mol. The molecule has 1 aliphatic rings. The Hall–Kier alpha value is -2.83. The maximum atomic E-state index is 13.1. The fourth-order valence-corrected chi connectivity index (χ4v) is 3.72. The van der Waals surface area contributed by atoms with Crippen LogP contribution < -0.4 is 5.32 Å². The lowest BCUT2D eigenvalue weighted by Gasteiger charge is -2.32. The number of carbonyl (C=O) groups excluding carboxylic acids is 2. The first-order valence-electron chi connectivity index (χ1n) is 10.5. The number of carbonyl (C=O) groups is 2. The zero-order valence-electron chi connectivity index (χ0n) is 18.6. The molecular weight excluding hydrogens is 380 g/mol. The second kappa shape index (κ2) is 8.90. The van der Waals surface area contributed by atoms with Crippen LogP contribution in [-0.2, 0) is 4.74 Å². The molecule has 0 bridgehead atoms. The first-order valence-corrected chi connectivity index (χ1v) is 10.5. The van der Waals surface area contributed by atoms with E-state index in [1.54, 1.807) is 6.20 Å². The van der Waals surface area contributed by atoms with Crippen LogP contribution in [-0.4, -0.2) is 51.9 Å². The van der Waals surface area contributed by atoms with E-state index in [0.29, 0.717) is 31.1 Å². The Morgan fingerprint density at radius 2 is 1.83 bits per heavy atom. The monoisotopic (exact) mass is 412 g/mol. The van der Waals surface area contributed by atoms with E-state index >= 15 is 0 Å². The van der Waals surface area contributed by atoms with Crippen LogP contribution in [0.15, 0.2) is 30.5 Å². The largest absolute Gasteiger partial charge is 0.444 e. The minimum Gasteiger partial charge on any atom is -0.444 e. The summed E-state index contributed by atoms with van der Waals surface area (Å²) in [5.41, 5.74) is 3.09. The lowest BCUT2D eigenvalue weighted by Crippen LogP contribution is -2.42. The number of likely N-dealkylation sites (tertiary alicyclic amines) is 1. The van der Waals surface area contributed by atoms with Crippen LogP contribution in [0.5, 0.6) is 0 Å². The molecule has 0 spiro atoms. The third kappa shape index (κ3) is 5.20. The molecular formula is C23H32N4O3. The van der Waals surface area contributed by atoms with E-state index in [9.17, 15) is 9.59 Å². The van der Waals surface area contributed by atoms with Gasteiger partial charge in [-0.15, -0.1) is 0 Å². The van der Waals surface area contributed by atoms with E-state index in [-0.39, 0.29) is 12.0 Å². The molecule has 2 aromatic rings. The van der Waals surface area contributed by atoms with E-state index in [2.05, 4.69) is 10.4 Å². The summed E-state index contributed by atoms with van der Waals surface area (Å²) < 4.78 is 7.12. The Morgan fingerprint density at radius 1 is 1.17 bits per heavy atom. The average Bonchev–Trinajstić information content (AvgIpc) is 3.06. The highest BCUT2D eigenvalue weighted by Crippen LogP contribution is 2.22. The van der Waals surface area contributed by atoms with Crippen molar-refractivity contribution in [3.05, 3.63) is 47.3 Å². The molecule has 7 nitrogen and oxygen atoms in total. The van der Waals surface area contributed by atoms with Crippen LogP contribution in [0.2, 0.25) is 0 Å². The maximum absolute atomic E-state index is 13.1. The Morgan fingerprint density at radius 3 is 2.47 bits per heavy atom. The van der Waals surface area contributed by atoms with Crippen molar-refractivity contribution >= 4 is 12.0 Å². The number of ether oxygens (including phenoxy) is 1. The molecule has 0 atom stereocenters. The van der Waals surface area contributed by atoms with Gasteiger partial charge in [0, 0.05) is 19.6 Å². The van der Waals surface area contributed by atoms with Gasteiger partial charge < -0.3 is 15.0 Å². The number of benzene rings is 1. The minimum absolute atomic E-state index is 0.0193. The third-order valence-electron chi connectivity index (χ3n) is 5.42. The summed E-state index contributed by atoms with van der Waals surface area (Å²) in [7, 11) is 0. The minimum atomic E-state index is -0.500. The Kier molecular flexibility index (Phi) is 6.48. The van der Waals surface area contributed by atoms with Gasteiger partial charge in [-0.1, -0.05) is 18.2 Å². The van der Waals surface area contributed by atoms with Crippen LogP contribution in [0, 0.1) is 19.8 Å². The molecule has 1 aromatic carbocycles. The Balaban J connectivity index is 1.56. The topological polar surface area (TPSA) is 76.5 Å². The molecule has 0 unspecified atom stereocenters. The van der Waals surface area contributed by atoms with E-state index < -0.39 is 5.60 Å². The number of piperidine rings is 1. The van der Waals surface area contributed by atoms with Crippen molar-refractivity contribution in [3.8, 4) is 5.69 Å². The van der Waals surface area contributed by atoms with Gasteiger partial charge in [-0.25, -0.2) is 9.48 Å². The molecule has 1 aliphatic heterocycles. The number of aryl methyl sites for hydroxylation is 1. The summed E-state index contributed by atoms with van der Waals surface area (Å²) in [5, 5.41) is 7.31. The number of rotatable bonds is 4. The predicted molar refractivity (Wildman–Crippen MR) is 116 cm³/mol. The number of nitrogens with one attached hydrogen (secondary N) is 1. The molecule has 3 rings (SSSR count). The molecule has 1 saturated heterocycles. The normalized spacial score (nSPS) is 15.2. The van der Waals surface area contributed by atoms with Gasteiger partial charge in [-0.2, -0.15) is 5.10 Å². The van der Waals surface area contributed by atoms with Gasteiger partial charge in [0.25, 0.3) is 5.91 Å². The van der Waals surface area contributed by atoms with Crippen molar-refractivity contribution < 1.29 is 14.3 Å². The van der Waals surface area contributed by atoms with E-state index in [1.165, 1.54) is 0 Å². The smallest absolute Gasteiger partial charge is 0.407 e. The van der Waals surface area contributed by atoms with Crippen molar-refractivity contribution in [2.45, 2.75) is 53.1 Å². The van der Waals surface area contributed by atoms with Crippen molar-refractivity contribution in [1.29, 1.82) is 0 Å². The Labute approximate surface area is 178 Å². The lowest BCUT2D eigenvalue weighted by molar-refractivity contribution is 0.0500. The standard InChI is InChI=1S/C23H32N4O3/c1-16-8-6-7-9-20(16)27-17(2)19(15-25-27)21(28)26-12-10-18(11-13-26)14-24-22(29)30-23(3,4)5/h6-9,15,18H,10-14H2,1-5H3,(H,24,29). The molecule has 0 saturated carbocycles. The predicted octanol–water partition coefficient (Wildman–Crippen LogP) is 3.87. The van der Waals surface area contributed by atoms with E-state index in [1.807, 2.05) is 68.5 Å². The van der Waals surface area contributed by atoms with Crippen LogP contribution >= 0.6 is 0 Å². The van der Waals surface area contributed by atoms with Crippen LogP contribution in [0.25, 0.3) is 5.69 Å². The lowest BCUT2D eigenvalue weighted by atomic mass is 9.96. The van der Waals surface area contributed by atoms with Crippen LogP contribution in [0.3, 0.4) is 0 Å². The summed E-state index contributed by atoms with van der Waals surface area (Å²) in [4.78, 5) is 26.8. The van der Waals surface area contributed by atoms with Gasteiger partial charge in [-0.05, 0) is 65.0 Å². The summed E-state index contributed by atoms with van der Waals surface area (Å²) in [6, 6.07) is 8.01.